The molecule has 0 radical (unpaired) electrons. The van der Waals surface area contributed by atoms with E-state index in [2.05, 4.69) is 21.3 Å². The van der Waals surface area contributed by atoms with Gasteiger partial charge in [0.05, 0.1) is 6.54 Å². The summed E-state index contributed by atoms with van der Waals surface area (Å²) in [4.78, 5) is 11.2. The second-order valence-corrected chi connectivity index (χ2v) is 3.38. The van der Waals surface area contributed by atoms with Crippen LogP contribution in [0, 0.1) is 0 Å². The lowest BCUT2D eigenvalue weighted by Gasteiger charge is -2.05. The molecule has 0 aliphatic carbocycles. The van der Waals surface area contributed by atoms with E-state index in [9.17, 15) is 4.79 Å². The molecule has 0 aromatic heterocycles. The van der Waals surface area contributed by atoms with Crippen LogP contribution in [0.15, 0.2) is 0 Å². The van der Waals surface area contributed by atoms with Crippen molar-refractivity contribution in [2.45, 2.75) is 6.42 Å². The first-order chi connectivity index (χ1) is 6.89. The molecule has 1 rings (SSSR count). The summed E-state index contributed by atoms with van der Waals surface area (Å²) < 4.78 is 0. The minimum atomic E-state index is 0.0873. The van der Waals surface area contributed by atoms with E-state index < -0.39 is 0 Å². The Kier molecular flexibility index (Phi) is 6.30. The van der Waals surface area contributed by atoms with Crippen molar-refractivity contribution in [2.24, 2.45) is 0 Å². The largest absolute Gasteiger partial charge is 0.355 e. The lowest BCUT2D eigenvalue weighted by molar-refractivity contribution is -0.120. The van der Waals surface area contributed by atoms with Crippen LogP contribution in [0.25, 0.3) is 0 Å². The van der Waals surface area contributed by atoms with Gasteiger partial charge < -0.3 is 21.3 Å². The first-order valence-corrected chi connectivity index (χ1v) is 5.28. The van der Waals surface area contributed by atoms with Crippen LogP contribution >= 0.6 is 0 Å². The van der Waals surface area contributed by atoms with Crippen molar-refractivity contribution in [3.05, 3.63) is 0 Å². The molecule has 4 N–H and O–H groups in total. The van der Waals surface area contributed by atoms with E-state index in [1.807, 2.05) is 0 Å². The quantitative estimate of drug-likeness (QED) is 0.375. The molecule has 1 aliphatic rings. The highest BCUT2D eigenvalue weighted by atomic mass is 16.1. The van der Waals surface area contributed by atoms with E-state index in [1.165, 1.54) is 0 Å². The fraction of sp³-hybridized carbons (Fsp3) is 0.889. The number of carbonyl (C=O) groups excluding carboxylic acids is 1. The molecule has 5 heteroatoms. The zero-order chi connectivity index (χ0) is 10.1. The molecular formula is C9H20N4O. The predicted octanol–water partition coefficient (Wildman–Crippen LogP) is -1.72. The monoisotopic (exact) mass is 200 g/mol. The molecule has 0 spiro atoms. The summed E-state index contributed by atoms with van der Waals surface area (Å²) in [6, 6.07) is 0. The minimum absolute atomic E-state index is 0.0873. The summed E-state index contributed by atoms with van der Waals surface area (Å²) >= 11 is 0. The van der Waals surface area contributed by atoms with E-state index in [0.29, 0.717) is 6.54 Å². The summed E-state index contributed by atoms with van der Waals surface area (Å²) in [5.74, 6) is 0.0873. The van der Waals surface area contributed by atoms with Gasteiger partial charge in [-0.25, -0.2) is 0 Å². The first-order valence-electron chi connectivity index (χ1n) is 5.28. The highest BCUT2D eigenvalue weighted by Crippen LogP contribution is 1.75. The predicted molar refractivity (Wildman–Crippen MR) is 56.2 cm³/mol. The second kappa shape index (κ2) is 7.73. The van der Waals surface area contributed by atoms with Gasteiger partial charge in [0.2, 0.25) is 5.91 Å². The van der Waals surface area contributed by atoms with Crippen molar-refractivity contribution in [1.29, 1.82) is 0 Å². The van der Waals surface area contributed by atoms with Gasteiger partial charge in [0.1, 0.15) is 0 Å². The molecule has 1 fully saturated rings. The van der Waals surface area contributed by atoms with Crippen molar-refractivity contribution in [1.82, 2.24) is 21.3 Å². The lowest BCUT2D eigenvalue weighted by atomic mass is 10.4. The van der Waals surface area contributed by atoms with Crippen LogP contribution in [0.4, 0.5) is 0 Å². The van der Waals surface area contributed by atoms with Crippen molar-refractivity contribution in [2.75, 3.05) is 45.8 Å². The Morgan fingerprint density at radius 3 is 2.21 bits per heavy atom. The Balaban J connectivity index is 2.15. The fourth-order valence-corrected chi connectivity index (χ4v) is 1.31. The third-order valence-electron chi connectivity index (χ3n) is 2.10. The molecular weight excluding hydrogens is 180 g/mol. The average Bonchev–Trinajstić information content (AvgIpc) is 2.20. The molecule has 14 heavy (non-hydrogen) atoms. The standard InChI is InChI=1S/C9H20N4O/c14-9-8-12-7-6-11-5-4-10-2-1-3-13-9/h10-12H,1-8H2,(H,13,14). The van der Waals surface area contributed by atoms with E-state index in [4.69, 9.17) is 0 Å². The third-order valence-corrected chi connectivity index (χ3v) is 2.10. The molecule has 82 valence electrons. The number of carbonyl (C=O) groups is 1. The zero-order valence-corrected chi connectivity index (χ0v) is 8.57. The smallest absolute Gasteiger partial charge is 0.233 e. The molecule has 0 aromatic rings. The third kappa shape index (κ3) is 5.90. The Labute approximate surface area is 85.0 Å². The van der Waals surface area contributed by atoms with Crippen molar-refractivity contribution >= 4 is 5.91 Å². The maximum atomic E-state index is 11.2. The SMILES string of the molecule is O=C1CNCCNCCNCCCN1. The van der Waals surface area contributed by atoms with Gasteiger partial charge in [-0.2, -0.15) is 0 Å². The Bertz CT molecular complexity index is 147. The molecule has 0 unspecified atom stereocenters. The molecule has 1 heterocycles. The van der Waals surface area contributed by atoms with Gasteiger partial charge in [0.25, 0.3) is 0 Å². The molecule has 0 bridgehead atoms. The van der Waals surface area contributed by atoms with Crippen LogP contribution in [-0.2, 0) is 4.79 Å². The van der Waals surface area contributed by atoms with Crippen LogP contribution in [-0.4, -0.2) is 51.7 Å². The second-order valence-electron chi connectivity index (χ2n) is 3.38. The van der Waals surface area contributed by atoms with Gasteiger partial charge in [-0.05, 0) is 13.0 Å². The van der Waals surface area contributed by atoms with Crippen LogP contribution in [0.5, 0.6) is 0 Å². The maximum Gasteiger partial charge on any atom is 0.233 e. The summed E-state index contributed by atoms with van der Waals surface area (Å²) in [7, 11) is 0. The van der Waals surface area contributed by atoms with E-state index >= 15 is 0 Å². The van der Waals surface area contributed by atoms with Crippen molar-refractivity contribution in [3.8, 4) is 0 Å². The van der Waals surface area contributed by atoms with Gasteiger partial charge >= 0.3 is 0 Å². The lowest BCUT2D eigenvalue weighted by Crippen LogP contribution is -2.37. The molecule has 1 amide bonds. The van der Waals surface area contributed by atoms with Crippen LogP contribution in [0.2, 0.25) is 0 Å². The summed E-state index contributed by atoms with van der Waals surface area (Å²) in [5, 5.41) is 12.5. The van der Waals surface area contributed by atoms with E-state index in [1.54, 1.807) is 0 Å². The van der Waals surface area contributed by atoms with Gasteiger partial charge in [-0.3, -0.25) is 4.79 Å². The van der Waals surface area contributed by atoms with Gasteiger partial charge in [0, 0.05) is 32.7 Å². The Hall–Kier alpha value is -0.650. The van der Waals surface area contributed by atoms with Gasteiger partial charge in [-0.1, -0.05) is 0 Å². The molecule has 1 saturated heterocycles. The number of rotatable bonds is 0. The molecule has 0 aromatic carbocycles. The number of amides is 1. The van der Waals surface area contributed by atoms with E-state index in [0.717, 1.165) is 45.7 Å². The Morgan fingerprint density at radius 2 is 1.43 bits per heavy atom. The molecule has 1 aliphatic heterocycles. The zero-order valence-electron chi connectivity index (χ0n) is 8.57. The number of nitrogens with one attached hydrogen (secondary N) is 4. The van der Waals surface area contributed by atoms with Crippen LogP contribution in [0.3, 0.4) is 0 Å². The number of hydrogen-bond acceptors (Lipinski definition) is 4. The highest BCUT2D eigenvalue weighted by molar-refractivity contribution is 5.77. The van der Waals surface area contributed by atoms with Gasteiger partial charge in [-0.15, -0.1) is 0 Å². The van der Waals surface area contributed by atoms with Crippen LogP contribution < -0.4 is 21.3 Å². The first kappa shape index (κ1) is 11.4. The van der Waals surface area contributed by atoms with Crippen molar-refractivity contribution < 1.29 is 4.79 Å². The average molecular weight is 200 g/mol. The topological polar surface area (TPSA) is 65.2 Å². The Morgan fingerprint density at radius 1 is 0.786 bits per heavy atom. The summed E-state index contributed by atoms with van der Waals surface area (Å²) in [6.45, 7) is 5.89. The fourth-order valence-electron chi connectivity index (χ4n) is 1.31. The molecule has 0 atom stereocenters. The summed E-state index contributed by atoms with van der Waals surface area (Å²) in [6.07, 6.45) is 0.992. The number of hydrogen-bond donors (Lipinski definition) is 4. The summed E-state index contributed by atoms with van der Waals surface area (Å²) in [5.41, 5.74) is 0. The highest BCUT2D eigenvalue weighted by Gasteiger charge is 1.99. The van der Waals surface area contributed by atoms with Crippen molar-refractivity contribution in [3.63, 3.8) is 0 Å². The normalized spacial score (nSPS) is 22.7. The maximum absolute atomic E-state index is 11.2. The minimum Gasteiger partial charge on any atom is -0.355 e. The van der Waals surface area contributed by atoms with Gasteiger partial charge in [0.15, 0.2) is 0 Å². The molecule has 5 nitrogen and oxygen atoms in total. The van der Waals surface area contributed by atoms with E-state index in [-0.39, 0.29) is 5.91 Å². The van der Waals surface area contributed by atoms with Crippen LogP contribution in [0.1, 0.15) is 6.42 Å². The molecule has 0 saturated carbocycles.